The molecule has 0 amide bonds. The quantitative estimate of drug-likeness (QED) is 0.795. The maximum absolute atomic E-state index is 6.16. The second-order valence-corrected chi connectivity index (χ2v) is 8.35. The van der Waals surface area contributed by atoms with Gasteiger partial charge < -0.3 is 5.73 Å². The van der Waals surface area contributed by atoms with Crippen LogP contribution in [0.4, 0.5) is 0 Å². The summed E-state index contributed by atoms with van der Waals surface area (Å²) in [4.78, 5) is 2.64. The smallest absolute Gasteiger partial charge is 0.0166 e. The van der Waals surface area contributed by atoms with E-state index in [0.717, 1.165) is 19.0 Å². The van der Waals surface area contributed by atoms with Gasteiger partial charge in [0.2, 0.25) is 0 Å². The molecule has 0 atom stereocenters. The van der Waals surface area contributed by atoms with Crippen LogP contribution in [0.1, 0.15) is 59.8 Å². The summed E-state index contributed by atoms with van der Waals surface area (Å²) in [7, 11) is 0. The van der Waals surface area contributed by atoms with Gasteiger partial charge in [-0.05, 0) is 42.6 Å². The summed E-state index contributed by atoms with van der Waals surface area (Å²) in [5, 5.41) is 0. The predicted molar refractivity (Wildman–Crippen MR) is 87.7 cm³/mol. The lowest BCUT2D eigenvalue weighted by Gasteiger charge is -2.43. The van der Waals surface area contributed by atoms with Gasteiger partial charge in [-0.15, -0.1) is 0 Å². The highest BCUT2D eigenvalue weighted by molar-refractivity contribution is 5.14. The summed E-state index contributed by atoms with van der Waals surface area (Å²) in [6, 6.07) is 0. The van der Waals surface area contributed by atoms with Gasteiger partial charge in [-0.1, -0.05) is 52.2 Å². The van der Waals surface area contributed by atoms with Crippen LogP contribution >= 0.6 is 0 Å². The number of rotatable bonds is 3. The normalized spacial score (nSPS) is 33.0. The summed E-state index contributed by atoms with van der Waals surface area (Å²) in [6.07, 6.45) is 9.11. The van der Waals surface area contributed by atoms with Gasteiger partial charge in [0.25, 0.3) is 0 Å². The predicted octanol–water partition coefficient (Wildman–Crippen LogP) is 3.82. The molecule has 1 aliphatic carbocycles. The molecule has 2 heteroatoms. The van der Waals surface area contributed by atoms with Gasteiger partial charge in [0.15, 0.2) is 0 Å². The number of nitrogens with two attached hydrogens (primary N) is 1. The van der Waals surface area contributed by atoms with Crippen molar-refractivity contribution in [3.05, 3.63) is 11.6 Å². The van der Waals surface area contributed by atoms with Crippen molar-refractivity contribution in [1.29, 1.82) is 0 Å². The Labute approximate surface area is 125 Å². The Morgan fingerprint density at radius 2 is 1.95 bits per heavy atom. The Morgan fingerprint density at radius 1 is 1.30 bits per heavy atom. The molecule has 0 radical (unpaired) electrons. The van der Waals surface area contributed by atoms with Crippen LogP contribution in [0.5, 0.6) is 0 Å². The third-order valence-electron chi connectivity index (χ3n) is 5.58. The Morgan fingerprint density at radius 3 is 2.40 bits per heavy atom. The van der Waals surface area contributed by atoms with Crippen LogP contribution in [0.15, 0.2) is 11.6 Å². The fraction of sp³-hybridized carbons (Fsp3) is 0.889. The SMILES string of the molecule is CC1CCC(CN)(CN2CC=C(C(C)(C)C)CC2)CC1. The molecule has 1 fully saturated rings. The van der Waals surface area contributed by atoms with Crippen molar-refractivity contribution >= 4 is 0 Å². The van der Waals surface area contributed by atoms with Crippen molar-refractivity contribution in [2.75, 3.05) is 26.2 Å². The number of hydrogen-bond donors (Lipinski definition) is 1. The second kappa shape index (κ2) is 6.19. The topological polar surface area (TPSA) is 29.3 Å². The van der Waals surface area contributed by atoms with Gasteiger partial charge in [0.1, 0.15) is 0 Å². The van der Waals surface area contributed by atoms with E-state index in [-0.39, 0.29) is 0 Å². The first-order valence-electron chi connectivity index (χ1n) is 8.47. The van der Waals surface area contributed by atoms with Gasteiger partial charge in [-0.2, -0.15) is 0 Å². The van der Waals surface area contributed by atoms with Crippen molar-refractivity contribution in [3.8, 4) is 0 Å². The zero-order chi connectivity index (χ0) is 14.8. The van der Waals surface area contributed by atoms with Crippen molar-refractivity contribution in [2.45, 2.75) is 59.8 Å². The third kappa shape index (κ3) is 3.85. The van der Waals surface area contributed by atoms with Gasteiger partial charge in [-0.3, -0.25) is 4.90 Å². The Bertz CT molecular complexity index is 343. The first-order chi connectivity index (χ1) is 9.35. The molecular formula is C18H34N2. The average Bonchev–Trinajstić information content (AvgIpc) is 2.41. The van der Waals surface area contributed by atoms with Crippen LogP contribution in [0, 0.1) is 16.7 Å². The minimum absolute atomic E-state index is 0.345. The monoisotopic (exact) mass is 278 g/mol. The zero-order valence-corrected chi connectivity index (χ0v) is 14.0. The lowest BCUT2D eigenvalue weighted by atomic mass is 9.70. The molecule has 1 saturated carbocycles. The maximum atomic E-state index is 6.16. The van der Waals surface area contributed by atoms with Crippen LogP contribution in [0.2, 0.25) is 0 Å². The van der Waals surface area contributed by atoms with Crippen LogP contribution < -0.4 is 5.73 Å². The lowest BCUT2D eigenvalue weighted by Crippen LogP contribution is -2.46. The van der Waals surface area contributed by atoms with Crippen LogP contribution in [0.3, 0.4) is 0 Å². The standard InChI is InChI=1S/C18H34N2/c1-15-5-9-18(13-19,10-6-15)14-20-11-7-16(8-12-20)17(2,3)4/h7,15H,5-6,8-14,19H2,1-4H3. The van der Waals surface area contributed by atoms with E-state index in [9.17, 15) is 0 Å². The molecule has 2 nitrogen and oxygen atoms in total. The van der Waals surface area contributed by atoms with Gasteiger partial charge in [0.05, 0.1) is 0 Å². The van der Waals surface area contributed by atoms with E-state index in [0.29, 0.717) is 10.8 Å². The van der Waals surface area contributed by atoms with Crippen LogP contribution in [-0.4, -0.2) is 31.1 Å². The molecule has 0 spiro atoms. The second-order valence-electron chi connectivity index (χ2n) is 8.35. The molecule has 2 aliphatic rings. The molecule has 1 heterocycles. The molecule has 0 bridgehead atoms. The first-order valence-corrected chi connectivity index (χ1v) is 8.47. The van der Waals surface area contributed by atoms with E-state index < -0.39 is 0 Å². The highest BCUT2D eigenvalue weighted by Crippen LogP contribution is 2.39. The molecule has 0 aromatic carbocycles. The first kappa shape index (κ1) is 16.0. The molecule has 0 saturated heterocycles. The van der Waals surface area contributed by atoms with Gasteiger partial charge in [-0.25, -0.2) is 0 Å². The summed E-state index contributed by atoms with van der Waals surface area (Å²) < 4.78 is 0. The third-order valence-corrected chi connectivity index (χ3v) is 5.58. The number of hydrogen-bond acceptors (Lipinski definition) is 2. The molecule has 0 aromatic heterocycles. The summed E-state index contributed by atoms with van der Waals surface area (Å²) in [6.45, 7) is 13.8. The molecule has 116 valence electrons. The van der Waals surface area contributed by atoms with E-state index in [1.807, 2.05) is 0 Å². The van der Waals surface area contributed by atoms with Gasteiger partial charge in [0, 0.05) is 19.6 Å². The summed E-state index contributed by atoms with van der Waals surface area (Å²) >= 11 is 0. The molecule has 0 aromatic rings. The van der Waals surface area contributed by atoms with E-state index in [4.69, 9.17) is 5.73 Å². The Balaban J connectivity index is 1.92. The molecule has 0 unspecified atom stereocenters. The Hall–Kier alpha value is -0.340. The Kier molecular flexibility index (Phi) is 4.96. The average molecular weight is 278 g/mol. The molecule has 2 rings (SSSR count). The highest BCUT2D eigenvalue weighted by atomic mass is 15.1. The minimum Gasteiger partial charge on any atom is -0.330 e. The fourth-order valence-electron chi connectivity index (χ4n) is 3.81. The van der Waals surface area contributed by atoms with Crippen LogP contribution in [0.25, 0.3) is 0 Å². The molecule has 2 N–H and O–H groups in total. The van der Waals surface area contributed by atoms with E-state index in [1.54, 1.807) is 5.57 Å². The fourth-order valence-corrected chi connectivity index (χ4v) is 3.81. The molecule has 20 heavy (non-hydrogen) atoms. The summed E-state index contributed by atoms with van der Waals surface area (Å²) in [5.74, 6) is 0.906. The minimum atomic E-state index is 0.345. The summed E-state index contributed by atoms with van der Waals surface area (Å²) in [5.41, 5.74) is 8.54. The van der Waals surface area contributed by atoms with Crippen molar-refractivity contribution in [1.82, 2.24) is 4.90 Å². The molecule has 1 aliphatic heterocycles. The van der Waals surface area contributed by atoms with E-state index in [1.165, 1.54) is 45.2 Å². The molecular weight excluding hydrogens is 244 g/mol. The largest absolute Gasteiger partial charge is 0.330 e. The number of nitrogens with zero attached hydrogens (tertiary/aromatic N) is 1. The van der Waals surface area contributed by atoms with Crippen LogP contribution in [-0.2, 0) is 0 Å². The lowest BCUT2D eigenvalue weighted by molar-refractivity contribution is 0.0977. The highest BCUT2D eigenvalue weighted by Gasteiger charge is 2.35. The van der Waals surface area contributed by atoms with Crippen molar-refractivity contribution in [3.63, 3.8) is 0 Å². The van der Waals surface area contributed by atoms with Crippen molar-refractivity contribution < 1.29 is 0 Å². The van der Waals surface area contributed by atoms with Gasteiger partial charge >= 0.3 is 0 Å². The van der Waals surface area contributed by atoms with Crippen molar-refractivity contribution in [2.24, 2.45) is 22.5 Å². The maximum Gasteiger partial charge on any atom is 0.0166 e. The van der Waals surface area contributed by atoms with E-state index in [2.05, 4.69) is 38.7 Å². The zero-order valence-electron chi connectivity index (χ0n) is 14.0. The van der Waals surface area contributed by atoms with E-state index >= 15 is 0 Å².